The Kier molecular flexibility index (Phi) is 5.89. The van der Waals surface area contributed by atoms with Crippen LogP contribution in [-0.2, 0) is 0 Å². The SMILES string of the molecule is [CH2]CCCCCCOc1c[c]ccc1. The Morgan fingerprint density at radius 3 is 2.79 bits per heavy atom. The maximum atomic E-state index is 5.54. The molecule has 76 valence electrons. The zero-order valence-electron chi connectivity index (χ0n) is 8.67. The van der Waals surface area contributed by atoms with E-state index >= 15 is 0 Å². The molecule has 1 heteroatoms. The smallest absolute Gasteiger partial charge is 0.119 e. The third-order valence-corrected chi connectivity index (χ3v) is 2.09. The van der Waals surface area contributed by atoms with Crippen molar-refractivity contribution in [2.24, 2.45) is 0 Å². The van der Waals surface area contributed by atoms with Crippen molar-refractivity contribution in [2.45, 2.75) is 32.1 Å². The number of unbranched alkanes of at least 4 members (excludes halogenated alkanes) is 4. The summed E-state index contributed by atoms with van der Waals surface area (Å²) in [4.78, 5) is 0. The molecule has 0 bridgehead atoms. The van der Waals surface area contributed by atoms with Crippen LogP contribution in [0.3, 0.4) is 0 Å². The summed E-state index contributed by atoms with van der Waals surface area (Å²) in [5.41, 5.74) is 0. The van der Waals surface area contributed by atoms with Gasteiger partial charge in [-0.1, -0.05) is 44.7 Å². The van der Waals surface area contributed by atoms with Gasteiger partial charge in [0.25, 0.3) is 0 Å². The maximum Gasteiger partial charge on any atom is 0.119 e. The summed E-state index contributed by atoms with van der Waals surface area (Å²) < 4.78 is 5.54. The highest BCUT2D eigenvalue weighted by Crippen LogP contribution is 2.09. The van der Waals surface area contributed by atoms with Gasteiger partial charge in [0, 0.05) is 0 Å². The summed E-state index contributed by atoms with van der Waals surface area (Å²) in [5.74, 6) is 0.921. The van der Waals surface area contributed by atoms with Crippen LogP contribution in [0.4, 0.5) is 0 Å². The Hall–Kier alpha value is -0.980. The number of hydrogen-bond donors (Lipinski definition) is 0. The van der Waals surface area contributed by atoms with Crippen LogP contribution in [0.15, 0.2) is 24.3 Å². The molecule has 0 spiro atoms. The average molecular weight is 190 g/mol. The van der Waals surface area contributed by atoms with Crippen LogP contribution in [0.25, 0.3) is 0 Å². The van der Waals surface area contributed by atoms with E-state index in [0.717, 1.165) is 25.2 Å². The van der Waals surface area contributed by atoms with Gasteiger partial charge in [-0.25, -0.2) is 0 Å². The molecule has 1 rings (SSSR count). The summed E-state index contributed by atoms with van der Waals surface area (Å²) in [6.07, 6.45) is 5.93. The molecular formula is C13H18O. The number of benzene rings is 1. The molecular weight excluding hydrogens is 172 g/mol. The van der Waals surface area contributed by atoms with Gasteiger partial charge in [-0.05, 0) is 24.6 Å². The number of hydrogen-bond acceptors (Lipinski definition) is 1. The summed E-state index contributed by atoms with van der Waals surface area (Å²) >= 11 is 0. The standard InChI is InChI=1S/C13H18O/c1-2-3-4-5-9-12-14-13-10-7-6-8-11-13/h6-7,10-11H,1-5,9,12H2. The van der Waals surface area contributed by atoms with Gasteiger partial charge < -0.3 is 4.74 Å². The van der Waals surface area contributed by atoms with Crippen LogP contribution >= 0.6 is 0 Å². The van der Waals surface area contributed by atoms with E-state index in [4.69, 9.17) is 4.74 Å². The molecule has 0 N–H and O–H groups in total. The van der Waals surface area contributed by atoms with E-state index in [-0.39, 0.29) is 0 Å². The zero-order valence-corrected chi connectivity index (χ0v) is 8.67. The molecule has 0 atom stereocenters. The lowest BCUT2D eigenvalue weighted by Crippen LogP contribution is -1.96. The van der Waals surface area contributed by atoms with Crippen molar-refractivity contribution in [2.75, 3.05) is 6.61 Å². The monoisotopic (exact) mass is 190 g/mol. The van der Waals surface area contributed by atoms with Crippen LogP contribution in [0.2, 0.25) is 0 Å². The molecule has 1 aromatic rings. The topological polar surface area (TPSA) is 9.23 Å². The van der Waals surface area contributed by atoms with Crippen molar-refractivity contribution in [3.8, 4) is 5.75 Å². The van der Waals surface area contributed by atoms with Crippen LogP contribution in [0.1, 0.15) is 32.1 Å². The van der Waals surface area contributed by atoms with Crippen LogP contribution < -0.4 is 4.74 Å². The molecule has 0 aliphatic carbocycles. The van der Waals surface area contributed by atoms with Crippen molar-refractivity contribution >= 4 is 0 Å². The minimum atomic E-state index is 0.814. The molecule has 0 heterocycles. The molecule has 0 aliphatic heterocycles. The van der Waals surface area contributed by atoms with Gasteiger partial charge in [0.15, 0.2) is 0 Å². The molecule has 1 nitrogen and oxygen atoms in total. The minimum absolute atomic E-state index is 0.814. The Morgan fingerprint density at radius 2 is 2.07 bits per heavy atom. The second-order valence-corrected chi connectivity index (χ2v) is 3.36. The average Bonchev–Trinajstić information content (AvgIpc) is 2.25. The molecule has 0 unspecified atom stereocenters. The maximum absolute atomic E-state index is 5.54. The summed E-state index contributed by atoms with van der Waals surface area (Å²) in [7, 11) is 0. The van der Waals surface area contributed by atoms with E-state index in [1.54, 1.807) is 0 Å². The second-order valence-electron chi connectivity index (χ2n) is 3.36. The van der Waals surface area contributed by atoms with Crippen molar-refractivity contribution in [3.63, 3.8) is 0 Å². The molecule has 0 aromatic heterocycles. The minimum Gasteiger partial charge on any atom is -0.494 e. The van der Waals surface area contributed by atoms with Gasteiger partial charge in [-0.2, -0.15) is 0 Å². The van der Waals surface area contributed by atoms with Gasteiger partial charge >= 0.3 is 0 Å². The highest BCUT2D eigenvalue weighted by atomic mass is 16.5. The fourth-order valence-electron chi connectivity index (χ4n) is 1.29. The zero-order chi connectivity index (χ0) is 10.1. The van der Waals surface area contributed by atoms with E-state index < -0.39 is 0 Å². The van der Waals surface area contributed by atoms with Gasteiger partial charge in [-0.15, -0.1) is 0 Å². The summed E-state index contributed by atoms with van der Waals surface area (Å²) in [6, 6.07) is 10.6. The summed E-state index contributed by atoms with van der Waals surface area (Å²) in [5, 5.41) is 0. The molecule has 0 amide bonds. The first kappa shape index (κ1) is 11.1. The van der Waals surface area contributed by atoms with Crippen molar-refractivity contribution in [3.05, 3.63) is 37.3 Å². The Morgan fingerprint density at radius 1 is 1.21 bits per heavy atom. The molecule has 0 saturated heterocycles. The van der Waals surface area contributed by atoms with Gasteiger partial charge in [0.1, 0.15) is 5.75 Å². The van der Waals surface area contributed by atoms with E-state index in [1.807, 2.05) is 24.3 Å². The largest absolute Gasteiger partial charge is 0.494 e. The van der Waals surface area contributed by atoms with Crippen LogP contribution in [-0.4, -0.2) is 6.61 Å². The first-order valence-electron chi connectivity index (χ1n) is 5.31. The highest BCUT2D eigenvalue weighted by molar-refractivity contribution is 5.19. The normalized spacial score (nSPS) is 10.1. The predicted octanol–water partition coefficient (Wildman–Crippen LogP) is 3.65. The first-order valence-corrected chi connectivity index (χ1v) is 5.31. The van der Waals surface area contributed by atoms with E-state index in [0.29, 0.717) is 0 Å². The lowest BCUT2D eigenvalue weighted by molar-refractivity contribution is 0.304. The van der Waals surface area contributed by atoms with Gasteiger partial charge in [-0.3, -0.25) is 0 Å². The van der Waals surface area contributed by atoms with E-state index in [1.165, 1.54) is 19.3 Å². The van der Waals surface area contributed by atoms with Crippen LogP contribution in [0.5, 0.6) is 5.75 Å². The predicted molar refractivity (Wildman–Crippen MR) is 59.2 cm³/mol. The molecule has 14 heavy (non-hydrogen) atoms. The third-order valence-electron chi connectivity index (χ3n) is 2.09. The molecule has 0 aliphatic rings. The van der Waals surface area contributed by atoms with E-state index in [9.17, 15) is 0 Å². The quantitative estimate of drug-likeness (QED) is 0.596. The van der Waals surface area contributed by atoms with Crippen LogP contribution in [0, 0.1) is 13.0 Å². The highest BCUT2D eigenvalue weighted by Gasteiger charge is 1.92. The molecule has 0 fully saturated rings. The van der Waals surface area contributed by atoms with E-state index in [2.05, 4.69) is 13.0 Å². The molecule has 1 aromatic carbocycles. The Bertz CT molecular complexity index is 218. The first-order chi connectivity index (χ1) is 6.93. The Labute approximate surface area is 87.1 Å². The molecule has 0 saturated carbocycles. The second kappa shape index (κ2) is 7.43. The molecule has 2 radical (unpaired) electrons. The summed E-state index contributed by atoms with van der Waals surface area (Å²) in [6.45, 7) is 4.63. The van der Waals surface area contributed by atoms with Gasteiger partial charge in [0.2, 0.25) is 0 Å². The fraction of sp³-hybridized carbons (Fsp3) is 0.462. The van der Waals surface area contributed by atoms with Gasteiger partial charge in [0.05, 0.1) is 6.61 Å². The number of ether oxygens (including phenoxy) is 1. The fourth-order valence-corrected chi connectivity index (χ4v) is 1.29. The lowest BCUT2D eigenvalue weighted by atomic mass is 10.2. The number of rotatable bonds is 7. The van der Waals surface area contributed by atoms with Crippen molar-refractivity contribution in [1.82, 2.24) is 0 Å². The Balaban J connectivity index is 1.99. The third kappa shape index (κ3) is 4.90. The van der Waals surface area contributed by atoms with Crippen molar-refractivity contribution in [1.29, 1.82) is 0 Å². The van der Waals surface area contributed by atoms with Crippen molar-refractivity contribution < 1.29 is 4.74 Å². The lowest BCUT2D eigenvalue weighted by Gasteiger charge is -2.04.